The minimum atomic E-state index is -0.434. The zero-order valence-electron chi connectivity index (χ0n) is 9.69. The van der Waals surface area contributed by atoms with E-state index in [9.17, 15) is 10.1 Å². The van der Waals surface area contributed by atoms with Crippen molar-refractivity contribution in [2.75, 3.05) is 19.0 Å². The van der Waals surface area contributed by atoms with E-state index in [1.165, 1.54) is 6.07 Å². The topological polar surface area (TPSA) is 64.4 Å². The Balaban J connectivity index is 2.94. The third-order valence-corrected chi connectivity index (χ3v) is 2.02. The fraction of sp³-hybridized carbons (Fsp3) is 0.455. The summed E-state index contributed by atoms with van der Waals surface area (Å²) in [7, 11) is 1.72. The van der Waals surface area contributed by atoms with Crippen LogP contribution in [0.1, 0.15) is 13.8 Å². The van der Waals surface area contributed by atoms with Gasteiger partial charge >= 0.3 is 5.69 Å². The number of nitrogens with one attached hydrogen (secondary N) is 1. The van der Waals surface area contributed by atoms with Gasteiger partial charge in [0, 0.05) is 18.8 Å². The monoisotopic (exact) mass is 224 g/mol. The van der Waals surface area contributed by atoms with Gasteiger partial charge in [-0.3, -0.25) is 10.1 Å². The molecule has 0 aliphatic carbocycles. The number of hydrogen-bond donors (Lipinski definition) is 1. The number of anilines is 1. The van der Waals surface area contributed by atoms with Crippen molar-refractivity contribution in [1.82, 2.24) is 0 Å². The van der Waals surface area contributed by atoms with Crippen LogP contribution in [-0.2, 0) is 0 Å². The Morgan fingerprint density at radius 3 is 2.69 bits per heavy atom. The molecule has 0 heterocycles. The average Bonchev–Trinajstić information content (AvgIpc) is 2.25. The summed E-state index contributed by atoms with van der Waals surface area (Å²) >= 11 is 0. The molecule has 1 N–H and O–H groups in total. The van der Waals surface area contributed by atoms with Gasteiger partial charge in [-0.2, -0.15) is 0 Å². The smallest absolute Gasteiger partial charge is 0.312 e. The fourth-order valence-electron chi connectivity index (χ4n) is 1.19. The molecular formula is C11H16N2O3. The van der Waals surface area contributed by atoms with Gasteiger partial charge in [0.1, 0.15) is 0 Å². The van der Waals surface area contributed by atoms with Gasteiger partial charge in [-0.1, -0.05) is 13.8 Å². The second kappa shape index (κ2) is 5.34. The average molecular weight is 224 g/mol. The van der Waals surface area contributed by atoms with Gasteiger partial charge in [0.05, 0.1) is 11.5 Å². The van der Waals surface area contributed by atoms with Gasteiger partial charge in [-0.05, 0) is 18.1 Å². The van der Waals surface area contributed by atoms with Crippen LogP contribution in [0.25, 0.3) is 0 Å². The summed E-state index contributed by atoms with van der Waals surface area (Å²) in [6.07, 6.45) is 0. The molecule has 0 amide bonds. The van der Waals surface area contributed by atoms with E-state index < -0.39 is 4.92 Å². The van der Waals surface area contributed by atoms with Crippen LogP contribution >= 0.6 is 0 Å². The van der Waals surface area contributed by atoms with E-state index >= 15 is 0 Å². The van der Waals surface area contributed by atoms with Crippen molar-refractivity contribution in [3.63, 3.8) is 0 Å². The maximum atomic E-state index is 10.8. The second-order valence-electron chi connectivity index (χ2n) is 3.89. The molecule has 0 fully saturated rings. The zero-order valence-corrected chi connectivity index (χ0v) is 9.69. The van der Waals surface area contributed by atoms with Crippen LogP contribution in [0.2, 0.25) is 0 Å². The van der Waals surface area contributed by atoms with Crippen molar-refractivity contribution in [1.29, 1.82) is 0 Å². The first-order chi connectivity index (χ1) is 7.54. The van der Waals surface area contributed by atoms with Gasteiger partial charge in [0.25, 0.3) is 0 Å². The number of ether oxygens (including phenoxy) is 1. The van der Waals surface area contributed by atoms with E-state index in [4.69, 9.17) is 4.74 Å². The Morgan fingerprint density at radius 1 is 1.50 bits per heavy atom. The molecule has 1 aromatic carbocycles. The second-order valence-corrected chi connectivity index (χ2v) is 3.89. The summed E-state index contributed by atoms with van der Waals surface area (Å²) in [6.45, 7) is 4.46. The molecule has 0 spiro atoms. The van der Waals surface area contributed by atoms with Crippen LogP contribution in [0.15, 0.2) is 18.2 Å². The summed E-state index contributed by atoms with van der Waals surface area (Å²) in [4.78, 5) is 10.4. The molecule has 88 valence electrons. The van der Waals surface area contributed by atoms with Crippen LogP contribution in [0.5, 0.6) is 5.75 Å². The predicted octanol–water partition coefficient (Wildman–Crippen LogP) is 2.67. The van der Waals surface area contributed by atoms with Gasteiger partial charge < -0.3 is 10.1 Å². The normalized spacial score (nSPS) is 10.2. The molecular weight excluding hydrogens is 208 g/mol. The first kappa shape index (κ1) is 12.3. The van der Waals surface area contributed by atoms with E-state index in [1.807, 2.05) is 13.8 Å². The number of benzene rings is 1. The van der Waals surface area contributed by atoms with E-state index in [0.717, 1.165) is 0 Å². The molecule has 5 heteroatoms. The SMILES string of the molecule is CNc1ccc(OCC(C)C)c([N+](=O)[O-])c1. The molecule has 0 atom stereocenters. The lowest BCUT2D eigenvalue weighted by Crippen LogP contribution is -2.06. The molecule has 0 aromatic heterocycles. The molecule has 0 aliphatic heterocycles. The Bertz CT molecular complexity index is 377. The fourth-order valence-corrected chi connectivity index (χ4v) is 1.19. The zero-order chi connectivity index (χ0) is 12.1. The molecule has 0 unspecified atom stereocenters. The minimum Gasteiger partial charge on any atom is -0.487 e. The van der Waals surface area contributed by atoms with Crippen molar-refractivity contribution in [2.45, 2.75) is 13.8 Å². The highest BCUT2D eigenvalue weighted by atomic mass is 16.6. The largest absolute Gasteiger partial charge is 0.487 e. The predicted molar refractivity (Wildman–Crippen MR) is 63.0 cm³/mol. The van der Waals surface area contributed by atoms with Gasteiger partial charge in [0.15, 0.2) is 5.75 Å². The summed E-state index contributed by atoms with van der Waals surface area (Å²) in [5.74, 6) is 0.654. The Labute approximate surface area is 94.6 Å². The summed E-state index contributed by atoms with van der Waals surface area (Å²) in [5, 5.41) is 13.7. The lowest BCUT2D eigenvalue weighted by molar-refractivity contribution is -0.385. The molecule has 0 aliphatic rings. The third kappa shape index (κ3) is 3.12. The molecule has 0 radical (unpaired) electrons. The maximum absolute atomic E-state index is 10.8. The molecule has 16 heavy (non-hydrogen) atoms. The number of nitro benzene ring substituents is 1. The highest BCUT2D eigenvalue weighted by molar-refractivity contribution is 5.58. The lowest BCUT2D eigenvalue weighted by atomic mass is 10.2. The van der Waals surface area contributed by atoms with Crippen molar-refractivity contribution in [2.24, 2.45) is 5.92 Å². The van der Waals surface area contributed by atoms with Crippen molar-refractivity contribution in [3.05, 3.63) is 28.3 Å². The first-order valence-electron chi connectivity index (χ1n) is 5.13. The van der Waals surface area contributed by atoms with Crippen molar-refractivity contribution in [3.8, 4) is 5.75 Å². The quantitative estimate of drug-likeness (QED) is 0.617. The molecule has 0 saturated heterocycles. The van der Waals surface area contributed by atoms with Gasteiger partial charge in [-0.15, -0.1) is 0 Å². The van der Waals surface area contributed by atoms with Crippen LogP contribution in [0.4, 0.5) is 11.4 Å². The number of rotatable bonds is 5. The Morgan fingerprint density at radius 2 is 2.19 bits per heavy atom. The van der Waals surface area contributed by atoms with E-state index in [1.54, 1.807) is 19.2 Å². The van der Waals surface area contributed by atoms with Gasteiger partial charge in [0.2, 0.25) is 0 Å². The molecule has 1 rings (SSSR count). The minimum absolute atomic E-state index is 0.00694. The summed E-state index contributed by atoms with van der Waals surface area (Å²) < 4.78 is 5.39. The lowest BCUT2D eigenvalue weighted by Gasteiger charge is -2.09. The van der Waals surface area contributed by atoms with Crippen molar-refractivity contribution < 1.29 is 9.66 Å². The number of nitrogens with zero attached hydrogens (tertiary/aromatic N) is 1. The summed E-state index contributed by atoms with van der Waals surface area (Å²) in [5.41, 5.74) is 0.691. The van der Waals surface area contributed by atoms with E-state index in [0.29, 0.717) is 24.0 Å². The molecule has 1 aromatic rings. The van der Waals surface area contributed by atoms with Crippen LogP contribution in [0, 0.1) is 16.0 Å². The van der Waals surface area contributed by atoms with Crippen LogP contribution in [0.3, 0.4) is 0 Å². The van der Waals surface area contributed by atoms with Crippen LogP contribution < -0.4 is 10.1 Å². The molecule has 0 bridgehead atoms. The maximum Gasteiger partial charge on any atom is 0.312 e. The summed E-state index contributed by atoms with van der Waals surface area (Å²) in [6, 6.07) is 4.84. The number of nitro groups is 1. The third-order valence-electron chi connectivity index (χ3n) is 2.02. The van der Waals surface area contributed by atoms with E-state index in [-0.39, 0.29) is 5.69 Å². The Kier molecular flexibility index (Phi) is 4.10. The standard InChI is InChI=1S/C11H16N2O3/c1-8(2)7-16-11-5-4-9(12-3)6-10(11)13(14)15/h4-6,8,12H,7H2,1-3H3. The highest BCUT2D eigenvalue weighted by Gasteiger charge is 2.15. The van der Waals surface area contributed by atoms with Gasteiger partial charge in [-0.25, -0.2) is 0 Å². The van der Waals surface area contributed by atoms with E-state index in [2.05, 4.69) is 5.32 Å². The first-order valence-corrected chi connectivity index (χ1v) is 5.13. The molecule has 5 nitrogen and oxygen atoms in total. The van der Waals surface area contributed by atoms with Crippen LogP contribution in [-0.4, -0.2) is 18.6 Å². The Hall–Kier alpha value is -1.78. The number of hydrogen-bond acceptors (Lipinski definition) is 4. The highest BCUT2D eigenvalue weighted by Crippen LogP contribution is 2.30. The molecule has 0 saturated carbocycles. The van der Waals surface area contributed by atoms with Crippen molar-refractivity contribution >= 4 is 11.4 Å².